The van der Waals surface area contributed by atoms with Crippen molar-refractivity contribution in [2.24, 2.45) is 0 Å². The minimum atomic E-state index is -3.95. The van der Waals surface area contributed by atoms with E-state index in [2.05, 4.69) is 5.32 Å². The van der Waals surface area contributed by atoms with Gasteiger partial charge in [-0.15, -0.1) is 0 Å². The van der Waals surface area contributed by atoms with Crippen LogP contribution < -0.4 is 10.1 Å². The molecule has 1 heterocycles. The molecular weight excluding hydrogens is 390 g/mol. The van der Waals surface area contributed by atoms with Crippen LogP contribution >= 0.6 is 0 Å². The van der Waals surface area contributed by atoms with Gasteiger partial charge < -0.3 is 10.1 Å². The first-order valence-corrected chi connectivity index (χ1v) is 10.6. The summed E-state index contributed by atoms with van der Waals surface area (Å²) >= 11 is 0. The van der Waals surface area contributed by atoms with Crippen molar-refractivity contribution in [2.75, 3.05) is 7.11 Å². The Bertz CT molecular complexity index is 1060. The fourth-order valence-electron chi connectivity index (χ4n) is 3.28. The molecule has 0 aromatic heterocycles. The van der Waals surface area contributed by atoms with Crippen molar-refractivity contribution in [3.63, 3.8) is 0 Å². The fraction of sp³-hybridized carbons (Fsp3) is 0.333. The molecule has 29 heavy (non-hydrogen) atoms. The number of hydrogen-bond donors (Lipinski definition) is 1. The van der Waals surface area contributed by atoms with E-state index in [1.807, 2.05) is 30.3 Å². The zero-order valence-corrected chi connectivity index (χ0v) is 17.4. The smallest absolute Gasteiger partial charge is 0.244 e. The molecule has 3 rings (SSSR count). The highest BCUT2D eigenvalue weighted by Gasteiger charge is 2.40. The van der Waals surface area contributed by atoms with Gasteiger partial charge >= 0.3 is 0 Å². The van der Waals surface area contributed by atoms with E-state index in [4.69, 9.17) is 4.74 Å². The van der Waals surface area contributed by atoms with E-state index in [9.17, 15) is 18.5 Å². The van der Waals surface area contributed by atoms with Crippen LogP contribution in [0.25, 0.3) is 0 Å². The summed E-state index contributed by atoms with van der Waals surface area (Å²) in [6.07, 6.45) is 0.235. The predicted octanol–water partition coefficient (Wildman–Crippen LogP) is 2.23. The second-order valence-electron chi connectivity index (χ2n) is 7.44. The summed E-state index contributed by atoms with van der Waals surface area (Å²) in [6, 6.07) is 14.6. The van der Waals surface area contributed by atoms with Crippen molar-refractivity contribution in [1.82, 2.24) is 9.62 Å². The van der Waals surface area contributed by atoms with Crippen molar-refractivity contribution in [2.45, 2.75) is 43.3 Å². The monoisotopic (exact) mass is 413 g/mol. The highest BCUT2D eigenvalue weighted by Crippen LogP contribution is 2.30. The molecule has 2 aromatic carbocycles. The largest absolute Gasteiger partial charge is 0.497 e. The van der Waals surface area contributed by atoms with Crippen LogP contribution in [0.2, 0.25) is 0 Å². The van der Waals surface area contributed by atoms with Crippen molar-refractivity contribution in [3.05, 3.63) is 59.7 Å². The highest BCUT2D eigenvalue weighted by atomic mass is 32.2. The van der Waals surface area contributed by atoms with Gasteiger partial charge in [-0.05, 0) is 55.7 Å². The Morgan fingerprint density at radius 2 is 1.79 bits per heavy atom. The topological polar surface area (TPSA) is 99.5 Å². The maximum Gasteiger partial charge on any atom is 0.244 e. The van der Waals surface area contributed by atoms with Gasteiger partial charge in [-0.25, -0.2) is 8.42 Å². The number of rotatable bonds is 5. The molecule has 0 radical (unpaired) electrons. The van der Waals surface area contributed by atoms with Crippen LogP contribution in [-0.4, -0.2) is 37.3 Å². The lowest BCUT2D eigenvalue weighted by Gasteiger charge is -2.36. The molecule has 7 nitrogen and oxygen atoms in total. The predicted molar refractivity (Wildman–Crippen MR) is 107 cm³/mol. The number of hydrogen-bond acceptors (Lipinski definition) is 5. The molecule has 1 aliphatic rings. The molecule has 0 saturated carbocycles. The van der Waals surface area contributed by atoms with Crippen LogP contribution in [0, 0.1) is 11.3 Å². The molecule has 0 saturated heterocycles. The number of nitrogens with one attached hydrogen (secondary N) is 1. The quantitative estimate of drug-likeness (QED) is 0.810. The number of fused-ring (bicyclic) bond motifs is 1. The van der Waals surface area contributed by atoms with Gasteiger partial charge in [0.05, 0.1) is 18.1 Å². The first-order valence-electron chi connectivity index (χ1n) is 9.14. The van der Waals surface area contributed by atoms with Crippen molar-refractivity contribution in [3.8, 4) is 11.8 Å². The van der Waals surface area contributed by atoms with Crippen LogP contribution in [-0.2, 0) is 27.8 Å². The number of nitriles is 1. The van der Waals surface area contributed by atoms with E-state index in [1.54, 1.807) is 26.0 Å². The Hall–Kier alpha value is -2.89. The van der Waals surface area contributed by atoms with Gasteiger partial charge in [0.25, 0.3) is 0 Å². The minimum Gasteiger partial charge on any atom is -0.497 e. The van der Waals surface area contributed by atoms with E-state index in [-0.39, 0.29) is 17.9 Å². The molecular formula is C21H23N3O4S. The van der Waals surface area contributed by atoms with E-state index in [1.165, 1.54) is 23.5 Å². The molecule has 8 heteroatoms. The molecule has 1 aliphatic heterocycles. The Morgan fingerprint density at radius 1 is 1.17 bits per heavy atom. The summed E-state index contributed by atoms with van der Waals surface area (Å²) in [5.41, 5.74) is 0.667. The van der Waals surface area contributed by atoms with E-state index < -0.39 is 27.5 Å². The first-order chi connectivity index (χ1) is 13.7. The molecule has 0 aliphatic carbocycles. The number of amides is 1. The lowest BCUT2D eigenvalue weighted by atomic mass is 9.94. The SMILES string of the molecule is COc1ccc(S(=O)(=O)N2Cc3ccccc3C[C@@H]2C(=O)NC(C)(C)C#N)cc1. The van der Waals surface area contributed by atoms with Crippen LogP contribution in [0.15, 0.2) is 53.4 Å². The second-order valence-corrected chi connectivity index (χ2v) is 9.33. The number of carbonyl (C=O) groups is 1. The van der Waals surface area contributed by atoms with Crippen LogP contribution in [0.3, 0.4) is 0 Å². The van der Waals surface area contributed by atoms with Gasteiger partial charge in [-0.2, -0.15) is 9.57 Å². The first kappa shape index (κ1) is 20.8. The minimum absolute atomic E-state index is 0.0787. The lowest BCUT2D eigenvalue weighted by molar-refractivity contribution is -0.126. The summed E-state index contributed by atoms with van der Waals surface area (Å²) in [6.45, 7) is 3.23. The molecule has 1 amide bonds. The van der Waals surface area contributed by atoms with Crippen LogP contribution in [0.1, 0.15) is 25.0 Å². The van der Waals surface area contributed by atoms with E-state index >= 15 is 0 Å². The molecule has 1 atom stereocenters. The zero-order valence-electron chi connectivity index (χ0n) is 16.5. The molecule has 2 aromatic rings. The summed E-state index contributed by atoms with van der Waals surface area (Å²) in [4.78, 5) is 13.1. The van der Waals surface area contributed by atoms with Crippen LogP contribution in [0.4, 0.5) is 0 Å². The maximum atomic E-state index is 13.4. The average molecular weight is 413 g/mol. The maximum absolute atomic E-state index is 13.4. The number of carbonyl (C=O) groups excluding carboxylic acids is 1. The normalized spacial score (nSPS) is 17.1. The summed E-state index contributed by atoms with van der Waals surface area (Å²) in [5, 5.41) is 11.9. The number of sulfonamides is 1. The van der Waals surface area contributed by atoms with Gasteiger partial charge in [0, 0.05) is 6.54 Å². The van der Waals surface area contributed by atoms with Gasteiger partial charge in [0.1, 0.15) is 17.3 Å². The van der Waals surface area contributed by atoms with Crippen LogP contribution in [0.5, 0.6) is 5.75 Å². The zero-order chi connectivity index (χ0) is 21.2. The third-order valence-electron chi connectivity index (χ3n) is 4.89. The summed E-state index contributed by atoms with van der Waals surface area (Å²) < 4.78 is 33.1. The molecule has 0 bridgehead atoms. The number of ether oxygens (including phenoxy) is 1. The van der Waals surface area contributed by atoms with Crippen molar-refractivity contribution < 1.29 is 17.9 Å². The lowest BCUT2D eigenvalue weighted by Crippen LogP contribution is -2.56. The Morgan fingerprint density at radius 3 is 2.38 bits per heavy atom. The molecule has 152 valence electrons. The van der Waals surface area contributed by atoms with Crippen molar-refractivity contribution in [1.29, 1.82) is 5.26 Å². The summed E-state index contributed by atoms with van der Waals surface area (Å²) in [5.74, 6) is 0.0427. The number of methoxy groups -OCH3 is 1. The Labute approximate surface area is 171 Å². The highest BCUT2D eigenvalue weighted by molar-refractivity contribution is 7.89. The molecule has 0 unspecified atom stereocenters. The fourth-order valence-corrected chi connectivity index (χ4v) is 4.84. The number of benzene rings is 2. The Kier molecular flexibility index (Phi) is 5.64. The third kappa shape index (κ3) is 4.26. The van der Waals surface area contributed by atoms with Crippen molar-refractivity contribution >= 4 is 15.9 Å². The molecule has 0 spiro atoms. The molecule has 0 fully saturated rings. The van der Waals surface area contributed by atoms with Gasteiger partial charge in [-0.1, -0.05) is 24.3 Å². The summed E-state index contributed by atoms with van der Waals surface area (Å²) in [7, 11) is -2.45. The Balaban J connectivity index is 2.02. The van der Waals surface area contributed by atoms with Gasteiger partial charge in [-0.3, -0.25) is 4.79 Å². The molecule has 1 N–H and O–H groups in total. The van der Waals surface area contributed by atoms with Gasteiger partial charge in [0.2, 0.25) is 15.9 Å². The van der Waals surface area contributed by atoms with Gasteiger partial charge in [0.15, 0.2) is 0 Å². The standard InChI is InChI=1S/C21H23N3O4S/c1-21(2,14-22)23-20(25)19-12-15-6-4-5-7-16(15)13-24(19)29(26,27)18-10-8-17(28-3)9-11-18/h4-11,19H,12-13H2,1-3H3,(H,23,25)/t19-/m1/s1. The number of nitrogens with zero attached hydrogens (tertiary/aromatic N) is 2. The second kappa shape index (κ2) is 7.85. The van der Waals surface area contributed by atoms with E-state index in [0.29, 0.717) is 5.75 Å². The average Bonchev–Trinajstić information content (AvgIpc) is 2.72. The third-order valence-corrected chi connectivity index (χ3v) is 6.76. The van der Waals surface area contributed by atoms with E-state index in [0.717, 1.165) is 11.1 Å².